The lowest BCUT2D eigenvalue weighted by Gasteiger charge is -2.11. The summed E-state index contributed by atoms with van der Waals surface area (Å²) in [5.74, 6) is -0.585. The summed E-state index contributed by atoms with van der Waals surface area (Å²) < 4.78 is 47.4. The van der Waals surface area contributed by atoms with E-state index in [1.165, 1.54) is 49.6 Å². The summed E-state index contributed by atoms with van der Waals surface area (Å²) in [6.45, 7) is -0.451. The first kappa shape index (κ1) is 21.2. The Kier molecular flexibility index (Phi) is 5.73. The van der Waals surface area contributed by atoms with Crippen molar-refractivity contribution in [2.24, 2.45) is 10.9 Å². The van der Waals surface area contributed by atoms with Crippen LogP contribution in [-0.2, 0) is 16.6 Å². The van der Waals surface area contributed by atoms with Gasteiger partial charge in [0, 0.05) is 5.56 Å². The number of carbonyl (C=O) groups is 1. The molecule has 2 aromatic carbocycles. The highest BCUT2D eigenvalue weighted by molar-refractivity contribution is 7.89. The number of rotatable bonds is 6. The SMILES string of the molecule is COc1ccc(-c2noc(CN(O)C(N)=O)c2-c2ccc(S(N)(=O)=O)cc2)cc1F. The number of nitrogens with zero attached hydrogens (tertiary/aromatic N) is 2. The van der Waals surface area contributed by atoms with E-state index in [0.29, 0.717) is 16.7 Å². The van der Waals surface area contributed by atoms with Gasteiger partial charge in [-0.1, -0.05) is 17.3 Å². The van der Waals surface area contributed by atoms with Crippen LogP contribution in [0.5, 0.6) is 5.75 Å². The molecular formula is C18H17FN4O6S. The minimum absolute atomic E-state index is 0.0248. The number of carbonyl (C=O) groups excluding carboxylic acids is 1. The van der Waals surface area contributed by atoms with Gasteiger partial charge in [-0.2, -0.15) is 5.06 Å². The number of ether oxygens (including phenoxy) is 1. The molecule has 0 bridgehead atoms. The van der Waals surface area contributed by atoms with Crippen molar-refractivity contribution in [3.8, 4) is 28.1 Å². The third kappa shape index (κ3) is 4.25. The molecule has 2 amide bonds. The van der Waals surface area contributed by atoms with Gasteiger partial charge in [-0.15, -0.1) is 0 Å². The molecule has 12 heteroatoms. The van der Waals surface area contributed by atoms with Crippen molar-refractivity contribution in [1.29, 1.82) is 0 Å². The lowest BCUT2D eigenvalue weighted by molar-refractivity contribution is -0.0521. The van der Waals surface area contributed by atoms with E-state index >= 15 is 0 Å². The first-order valence-corrected chi connectivity index (χ1v) is 9.88. The summed E-state index contributed by atoms with van der Waals surface area (Å²) >= 11 is 0. The molecule has 0 saturated carbocycles. The van der Waals surface area contributed by atoms with Crippen LogP contribution in [-0.4, -0.2) is 37.0 Å². The highest BCUT2D eigenvalue weighted by Gasteiger charge is 2.23. The highest BCUT2D eigenvalue weighted by Crippen LogP contribution is 2.36. The maximum Gasteiger partial charge on any atom is 0.338 e. The Hall–Kier alpha value is -3.48. The summed E-state index contributed by atoms with van der Waals surface area (Å²) in [7, 11) is -2.59. The number of urea groups is 1. The first-order valence-electron chi connectivity index (χ1n) is 8.33. The third-order valence-corrected chi connectivity index (χ3v) is 5.14. The number of nitrogens with two attached hydrogens (primary N) is 2. The van der Waals surface area contributed by atoms with E-state index < -0.39 is 28.4 Å². The van der Waals surface area contributed by atoms with Crippen molar-refractivity contribution in [3.63, 3.8) is 0 Å². The summed E-state index contributed by atoms with van der Waals surface area (Å²) in [6, 6.07) is 8.39. The van der Waals surface area contributed by atoms with Gasteiger partial charge in [0.2, 0.25) is 10.0 Å². The molecule has 158 valence electrons. The molecule has 30 heavy (non-hydrogen) atoms. The van der Waals surface area contributed by atoms with Gasteiger partial charge < -0.3 is 15.0 Å². The van der Waals surface area contributed by atoms with Crippen LogP contribution < -0.4 is 15.6 Å². The van der Waals surface area contributed by atoms with E-state index in [9.17, 15) is 22.8 Å². The fraction of sp³-hybridized carbons (Fsp3) is 0.111. The van der Waals surface area contributed by atoms with Crippen molar-refractivity contribution in [2.45, 2.75) is 11.4 Å². The van der Waals surface area contributed by atoms with Gasteiger partial charge in [0.05, 0.1) is 17.6 Å². The number of hydrogen-bond acceptors (Lipinski definition) is 7. The molecule has 0 aliphatic rings. The van der Waals surface area contributed by atoms with Crippen LogP contribution in [0.1, 0.15) is 5.76 Å². The van der Waals surface area contributed by atoms with E-state index in [1.54, 1.807) is 0 Å². The quantitative estimate of drug-likeness (QED) is 0.393. The van der Waals surface area contributed by atoms with Crippen LogP contribution in [0.2, 0.25) is 0 Å². The lowest BCUT2D eigenvalue weighted by atomic mass is 9.99. The van der Waals surface area contributed by atoms with Crippen LogP contribution in [0.25, 0.3) is 22.4 Å². The van der Waals surface area contributed by atoms with Crippen LogP contribution in [0.3, 0.4) is 0 Å². The molecule has 0 unspecified atom stereocenters. The standard InChI is InChI=1S/C18H17FN4O6S/c1-28-14-7-4-11(8-13(14)19)17-16(15(29-22-17)9-23(25)18(20)24)10-2-5-12(6-3-10)30(21,26)27/h2-8,25H,9H2,1H3,(H2,20,24)(H2,21,26,27). The van der Waals surface area contributed by atoms with Gasteiger partial charge in [0.25, 0.3) is 0 Å². The van der Waals surface area contributed by atoms with E-state index in [4.69, 9.17) is 20.1 Å². The number of hydroxylamine groups is 2. The van der Waals surface area contributed by atoms with Crippen molar-refractivity contribution < 1.29 is 32.1 Å². The minimum atomic E-state index is -3.92. The van der Waals surface area contributed by atoms with Gasteiger partial charge in [0.15, 0.2) is 17.3 Å². The molecular weight excluding hydrogens is 419 g/mol. The Morgan fingerprint density at radius 3 is 2.40 bits per heavy atom. The van der Waals surface area contributed by atoms with Gasteiger partial charge in [0.1, 0.15) is 12.2 Å². The first-order chi connectivity index (χ1) is 14.1. The van der Waals surface area contributed by atoms with Crippen LogP contribution in [0.4, 0.5) is 9.18 Å². The molecule has 10 nitrogen and oxygen atoms in total. The molecule has 3 rings (SSSR count). The van der Waals surface area contributed by atoms with E-state index in [-0.39, 0.29) is 27.2 Å². The molecule has 3 aromatic rings. The van der Waals surface area contributed by atoms with Crippen molar-refractivity contribution in [3.05, 3.63) is 54.0 Å². The average molecular weight is 436 g/mol. The smallest absolute Gasteiger partial charge is 0.338 e. The number of hydrogen-bond donors (Lipinski definition) is 3. The number of amides is 2. The Labute approximate surface area is 170 Å². The van der Waals surface area contributed by atoms with Gasteiger partial charge >= 0.3 is 6.03 Å². The fourth-order valence-corrected chi connectivity index (χ4v) is 3.28. The number of sulfonamides is 1. The van der Waals surface area contributed by atoms with Crippen molar-refractivity contribution >= 4 is 16.1 Å². The zero-order valence-electron chi connectivity index (χ0n) is 15.6. The molecule has 0 aliphatic heterocycles. The number of benzene rings is 2. The maximum atomic E-state index is 14.2. The molecule has 0 aliphatic carbocycles. The normalized spacial score (nSPS) is 11.3. The number of primary amides is 1. The molecule has 0 atom stereocenters. The predicted octanol–water partition coefficient (Wildman–Crippen LogP) is 2.07. The van der Waals surface area contributed by atoms with Crippen molar-refractivity contribution in [2.75, 3.05) is 7.11 Å². The van der Waals surface area contributed by atoms with Crippen LogP contribution in [0.15, 0.2) is 51.9 Å². The maximum absolute atomic E-state index is 14.2. The lowest BCUT2D eigenvalue weighted by Crippen LogP contribution is -2.32. The van der Waals surface area contributed by atoms with Crippen LogP contribution >= 0.6 is 0 Å². The Balaban J connectivity index is 2.15. The summed E-state index contributed by atoms with van der Waals surface area (Å²) in [6.07, 6.45) is 0. The number of halogens is 1. The average Bonchev–Trinajstić information content (AvgIpc) is 3.10. The summed E-state index contributed by atoms with van der Waals surface area (Å²) in [5, 5.41) is 18.9. The second kappa shape index (κ2) is 8.10. The van der Waals surface area contributed by atoms with Gasteiger partial charge in [-0.25, -0.2) is 22.7 Å². The van der Waals surface area contributed by atoms with Gasteiger partial charge in [-0.3, -0.25) is 5.21 Å². The molecule has 0 radical (unpaired) electrons. The Morgan fingerprint density at radius 2 is 1.87 bits per heavy atom. The monoisotopic (exact) mass is 436 g/mol. The van der Waals surface area contributed by atoms with Crippen LogP contribution in [0, 0.1) is 5.82 Å². The molecule has 0 saturated heterocycles. The second-order valence-corrected chi connectivity index (χ2v) is 7.71. The van der Waals surface area contributed by atoms with E-state index in [0.717, 1.165) is 0 Å². The predicted molar refractivity (Wildman–Crippen MR) is 102 cm³/mol. The third-order valence-electron chi connectivity index (χ3n) is 4.21. The Morgan fingerprint density at radius 1 is 1.23 bits per heavy atom. The number of aromatic nitrogens is 1. The molecule has 1 heterocycles. The van der Waals surface area contributed by atoms with Gasteiger partial charge in [-0.05, 0) is 35.9 Å². The molecule has 0 fully saturated rings. The molecule has 0 spiro atoms. The Bertz CT molecular complexity index is 1190. The molecule has 5 N–H and O–H groups in total. The van der Waals surface area contributed by atoms with E-state index in [1.807, 2.05) is 0 Å². The largest absolute Gasteiger partial charge is 0.494 e. The minimum Gasteiger partial charge on any atom is -0.494 e. The zero-order chi connectivity index (χ0) is 22.1. The summed E-state index contributed by atoms with van der Waals surface area (Å²) in [5.41, 5.74) is 6.26. The highest BCUT2D eigenvalue weighted by atomic mass is 32.2. The number of methoxy groups -OCH3 is 1. The van der Waals surface area contributed by atoms with Crippen molar-refractivity contribution in [1.82, 2.24) is 10.2 Å². The summed E-state index contributed by atoms with van der Waals surface area (Å²) in [4.78, 5) is 11.1. The fourth-order valence-electron chi connectivity index (χ4n) is 2.77. The number of primary sulfonamides is 1. The topological polar surface area (TPSA) is 162 Å². The second-order valence-electron chi connectivity index (χ2n) is 6.14. The molecule has 1 aromatic heterocycles. The zero-order valence-corrected chi connectivity index (χ0v) is 16.4. The van der Waals surface area contributed by atoms with E-state index in [2.05, 4.69) is 5.16 Å².